The van der Waals surface area contributed by atoms with Crippen LogP contribution in [0.3, 0.4) is 0 Å². The van der Waals surface area contributed by atoms with Crippen molar-refractivity contribution in [3.8, 4) is 10.6 Å². The normalized spacial score (nSPS) is 16.0. The zero-order chi connectivity index (χ0) is 18.7. The molecular weight excluding hydrogens is 356 g/mol. The number of carbonyl (C=O) groups is 1. The van der Waals surface area contributed by atoms with Gasteiger partial charge in [-0.15, -0.1) is 11.3 Å². The van der Waals surface area contributed by atoms with Gasteiger partial charge in [-0.2, -0.15) is 13.9 Å². The highest BCUT2D eigenvalue weighted by molar-refractivity contribution is 7.17. The lowest BCUT2D eigenvalue weighted by atomic mass is 9.89. The Hall–Kier alpha value is -1.76. The number of alkyl halides is 2. The fraction of sp³-hybridized carbons (Fsp3) is 0.579. The van der Waals surface area contributed by atoms with E-state index in [0.717, 1.165) is 4.88 Å². The lowest BCUT2D eigenvalue weighted by Gasteiger charge is -2.21. The third-order valence-electron chi connectivity index (χ3n) is 5.06. The van der Waals surface area contributed by atoms with E-state index < -0.39 is 5.92 Å². The summed E-state index contributed by atoms with van der Waals surface area (Å²) in [6, 6.07) is 4.93. The van der Waals surface area contributed by atoms with E-state index in [-0.39, 0.29) is 18.0 Å². The smallest absolute Gasteiger partial charge is 0.289 e. The van der Waals surface area contributed by atoms with E-state index in [1.54, 1.807) is 12.1 Å². The Morgan fingerprint density at radius 1 is 1.35 bits per heavy atom. The number of carbonyl (C=O) groups excluding carboxylic acids is 1. The van der Waals surface area contributed by atoms with Crippen LogP contribution in [0.2, 0.25) is 0 Å². The fourth-order valence-corrected chi connectivity index (χ4v) is 4.30. The van der Waals surface area contributed by atoms with Crippen molar-refractivity contribution < 1.29 is 13.6 Å². The van der Waals surface area contributed by atoms with Crippen LogP contribution in [0.5, 0.6) is 0 Å². The van der Waals surface area contributed by atoms with E-state index in [1.165, 1.54) is 68.2 Å². The molecule has 7 heteroatoms. The highest BCUT2D eigenvalue weighted by Crippen LogP contribution is 2.35. The Bertz CT molecular complexity index is 763. The summed E-state index contributed by atoms with van der Waals surface area (Å²) < 4.78 is 29.2. The molecule has 0 aromatic carbocycles. The van der Waals surface area contributed by atoms with Crippen LogP contribution in [0.25, 0.3) is 10.6 Å². The number of hydrogen-bond acceptors (Lipinski definition) is 3. The van der Waals surface area contributed by atoms with Gasteiger partial charge in [-0.1, -0.05) is 26.2 Å². The quantitative estimate of drug-likeness (QED) is 0.769. The molecule has 0 saturated heterocycles. The summed E-state index contributed by atoms with van der Waals surface area (Å²) in [7, 11) is 1.52. The number of halogens is 2. The Balaban J connectivity index is 1.67. The van der Waals surface area contributed by atoms with E-state index in [4.69, 9.17) is 0 Å². The Morgan fingerprint density at radius 2 is 2.08 bits per heavy atom. The van der Waals surface area contributed by atoms with E-state index in [2.05, 4.69) is 10.4 Å². The van der Waals surface area contributed by atoms with Gasteiger partial charge < -0.3 is 5.32 Å². The van der Waals surface area contributed by atoms with E-state index in [9.17, 15) is 13.6 Å². The Morgan fingerprint density at radius 3 is 2.77 bits per heavy atom. The monoisotopic (exact) mass is 381 g/mol. The fourth-order valence-electron chi connectivity index (χ4n) is 3.42. The topological polar surface area (TPSA) is 46.9 Å². The zero-order valence-electron chi connectivity index (χ0n) is 15.2. The van der Waals surface area contributed by atoms with Crippen LogP contribution >= 0.6 is 11.3 Å². The number of rotatable bonds is 6. The lowest BCUT2D eigenvalue weighted by molar-refractivity contribution is -0.0164. The third kappa shape index (κ3) is 4.14. The highest BCUT2D eigenvalue weighted by Gasteiger charge is 2.33. The molecule has 4 nitrogen and oxygen atoms in total. The number of thiophene rings is 1. The van der Waals surface area contributed by atoms with Crippen LogP contribution in [-0.4, -0.2) is 22.2 Å². The molecule has 26 heavy (non-hydrogen) atoms. The summed E-state index contributed by atoms with van der Waals surface area (Å²) >= 11 is 1.29. The molecule has 0 aliphatic heterocycles. The van der Waals surface area contributed by atoms with Gasteiger partial charge in [0.15, 0.2) is 0 Å². The van der Waals surface area contributed by atoms with Gasteiger partial charge in [0.1, 0.15) is 11.4 Å². The van der Waals surface area contributed by atoms with Crippen LogP contribution < -0.4 is 5.32 Å². The molecule has 2 aromatic rings. The average Bonchev–Trinajstić information content (AvgIpc) is 3.27. The van der Waals surface area contributed by atoms with Crippen LogP contribution in [0.4, 0.5) is 8.78 Å². The molecule has 1 aliphatic carbocycles. The van der Waals surface area contributed by atoms with Crippen LogP contribution in [0.15, 0.2) is 18.2 Å². The molecular formula is C19H25F2N3OS. The van der Waals surface area contributed by atoms with Crippen molar-refractivity contribution in [3.05, 3.63) is 28.8 Å². The molecule has 0 spiro atoms. The second kappa shape index (κ2) is 7.86. The van der Waals surface area contributed by atoms with Gasteiger partial charge in [0.2, 0.25) is 0 Å². The summed E-state index contributed by atoms with van der Waals surface area (Å²) in [4.78, 5) is 13.7. The molecule has 1 N–H and O–H groups in total. The second-order valence-electron chi connectivity index (χ2n) is 6.97. The first-order valence-electron chi connectivity index (χ1n) is 9.21. The summed E-state index contributed by atoms with van der Waals surface area (Å²) in [6.45, 7) is 2.16. The third-order valence-corrected chi connectivity index (χ3v) is 6.16. The van der Waals surface area contributed by atoms with Crippen molar-refractivity contribution in [2.45, 2.75) is 51.4 Å². The number of amides is 1. The van der Waals surface area contributed by atoms with Crippen LogP contribution in [0, 0.1) is 5.92 Å². The van der Waals surface area contributed by atoms with E-state index in [1.807, 2.05) is 0 Å². The molecule has 142 valence electrons. The largest absolute Gasteiger partial charge is 0.351 e. The Labute approximate surface area is 156 Å². The maximum absolute atomic E-state index is 14.0. The summed E-state index contributed by atoms with van der Waals surface area (Å²) in [5, 5.41) is 7.21. The number of aromatic nitrogens is 2. The van der Waals surface area contributed by atoms with Gasteiger partial charge in [0.05, 0.1) is 9.75 Å². The number of nitrogens with one attached hydrogen (secondary N) is 1. The second-order valence-corrected chi connectivity index (χ2v) is 8.06. The molecule has 1 saturated carbocycles. The van der Waals surface area contributed by atoms with Gasteiger partial charge in [-0.05, 0) is 37.0 Å². The zero-order valence-corrected chi connectivity index (χ0v) is 16.0. The van der Waals surface area contributed by atoms with E-state index in [0.29, 0.717) is 23.0 Å². The van der Waals surface area contributed by atoms with Crippen molar-refractivity contribution in [1.82, 2.24) is 15.1 Å². The first kappa shape index (κ1) is 19.0. The standard InChI is InChI=1S/C19H25F2N3OS/c1-3-19(20,21)17-11-14(23-24(17)2)15-9-10-16(26-15)18(25)22-12-13-7-5-4-6-8-13/h9-11,13H,3-8,12H2,1-2H3,(H,22,25). The number of aryl methyl sites for hydroxylation is 1. The SMILES string of the molecule is CCC(F)(F)c1cc(-c2ccc(C(=O)NCC3CCCCC3)s2)nn1C. The minimum Gasteiger partial charge on any atom is -0.351 e. The molecule has 0 atom stereocenters. The molecule has 2 heterocycles. The molecule has 3 rings (SSSR count). The minimum absolute atomic E-state index is 0.0955. The first-order chi connectivity index (χ1) is 12.4. The minimum atomic E-state index is -2.91. The van der Waals surface area contributed by atoms with Crippen molar-refractivity contribution >= 4 is 17.2 Å². The van der Waals surface area contributed by atoms with Gasteiger partial charge in [-0.25, -0.2) is 0 Å². The lowest BCUT2D eigenvalue weighted by Crippen LogP contribution is -2.29. The molecule has 0 radical (unpaired) electrons. The summed E-state index contributed by atoms with van der Waals surface area (Å²) in [5.74, 6) is -2.43. The molecule has 0 bridgehead atoms. The predicted molar refractivity (Wildman–Crippen MR) is 99.6 cm³/mol. The van der Waals surface area contributed by atoms with Gasteiger partial charge in [-0.3, -0.25) is 9.48 Å². The van der Waals surface area contributed by atoms with E-state index >= 15 is 0 Å². The van der Waals surface area contributed by atoms with Crippen LogP contribution in [0.1, 0.15) is 60.8 Å². The Kier molecular flexibility index (Phi) is 5.75. The number of hydrogen-bond donors (Lipinski definition) is 1. The maximum Gasteiger partial charge on any atom is 0.289 e. The number of nitrogens with zero attached hydrogens (tertiary/aromatic N) is 2. The molecule has 0 unspecified atom stereocenters. The molecule has 1 amide bonds. The molecule has 1 aliphatic rings. The first-order valence-corrected chi connectivity index (χ1v) is 10.0. The highest BCUT2D eigenvalue weighted by atomic mass is 32.1. The average molecular weight is 381 g/mol. The summed E-state index contributed by atoms with van der Waals surface area (Å²) in [5.41, 5.74) is 0.374. The molecule has 2 aromatic heterocycles. The van der Waals surface area contributed by atoms with Gasteiger partial charge >= 0.3 is 0 Å². The predicted octanol–water partition coefficient (Wildman–Crippen LogP) is 4.96. The van der Waals surface area contributed by atoms with Crippen molar-refractivity contribution in [2.75, 3.05) is 6.54 Å². The van der Waals surface area contributed by atoms with Crippen molar-refractivity contribution in [2.24, 2.45) is 13.0 Å². The van der Waals surface area contributed by atoms with Gasteiger partial charge in [0.25, 0.3) is 11.8 Å². The maximum atomic E-state index is 14.0. The van der Waals surface area contributed by atoms with Crippen LogP contribution in [-0.2, 0) is 13.0 Å². The summed E-state index contributed by atoms with van der Waals surface area (Å²) in [6.07, 6.45) is 5.87. The molecule has 1 fully saturated rings. The van der Waals surface area contributed by atoms with Crippen molar-refractivity contribution in [3.63, 3.8) is 0 Å². The van der Waals surface area contributed by atoms with Gasteiger partial charge in [0, 0.05) is 20.0 Å². The van der Waals surface area contributed by atoms with Crippen molar-refractivity contribution in [1.29, 1.82) is 0 Å².